The van der Waals surface area contributed by atoms with E-state index in [0.29, 0.717) is 13.0 Å². The Balaban J connectivity index is 2.23. The quantitative estimate of drug-likeness (QED) is 0.426. The number of aliphatic hydroxyl groups excluding tert-OH is 1. The highest BCUT2D eigenvalue weighted by Gasteiger charge is 2.05. The summed E-state index contributed by atoms with van der Waals surface area (Å²) in [6.07, 6.45) is 0.0810. The van der Waals surface area contributed by atoms with Crippen LogP contribution in [0.5, 0.6) is 0 Å². The summed E-state index contributed by atoms with van der Waals surface area (Å²) in [6, 6.07) is 9.80. The molecular weight excluding hydrogens is 180 g/mol. The highest BCUT2D eigenvalue weighted by molar-refractivity contribution is 5.15. The molecule has 1 aromatic carbocycles. The van der Waals surface area contributed by atoms with Gasteiger partial charge in [-0.05, 0) is 12.5 Å². The molecule has 0 fully saturated rings. The minimum atomic E-state index is -0.510. The van der Waals surface area contributed by atoms with E-state index in [-0.39, 0.29) is 6.61 Å². The molecule has 1 N–H and O–H groups in total. The number of benzene rings is 1. The lowest BCUT2D eigenvalue weighted by molar-refractivity contribution is -0.301. The van der Waals surface area contributed by atoms with Crippen molar-refractivity contribution >= 4 is 0 Å². The zero-order chi connectivity index (χ0) is 10.2. The molecule has 1 atom stereocenters. The van der Waals surface area contributed by atoms with Gasteiger partial charge in [-0.1, -0.05) is 30.3 Å². The maximum Gasteiger partial charge on any atom is 0.108 e. The second-order valence-corrected chi connectivity index (χ2v) is 3.03. The summed E-state index contributed by atoms with van der Waals surface area (Å²) in [6.45, 7) is 2.55. The smallest absolute Gasteiger partial charge is 0.108 e. The molecule has 3 nitrogen and oxygen atoms in total. The van der Waals surface area contributed by atoms with E-state index in [4.69, 9.17) is 4.89 Å². The van der Waals surface area contributed by atoms with Crippen molar-refractivity contribution in [3.05, 3.63) is 35.9 Å². The van der Waals surface area contributed by atoms with Crippen LogP contribution in [0.1, 0.15) is 12.5 Å². The molecule has 0 bridgehead atoms. The molecule has 1 aromatic rings. The summed E-state index contributed by atoms with van der Waals surface area (Å²) < 4.78 is 0. The molecule has 0 heterocycles. The molecule has 0 radical (unpaired) electrons. The summed E-state index contributed by atoms with van der Waals surface area (Å²) in [5.74, 6) is 0. The second kappa shape index (κ2) is 6.54. The lowest BCUT2D eigenvalue weighted by Gasteiger charge is -2.09. The Kier molecular flexibility index (Phi) is 5.22. The fourth-order valence-electron chi connectivity index (χ4n) is 1.16. The monoisotopic (exact) mass is 196 g/mol. The first-order valence-corrected chi connectivity index (χ1v) is 4.79. The SMILES string of the molecule is CCOOC[C@@H](O)Cc1ccccc1. The van der Waals surface area contributed by atoms with Crippen LogP contribution in [0.4, 0.5) is 0 Å². The molecule has 78 valence electrons. The van der Waals surface area contributed by atoms with Crippen molar-refractivity contribution in [1.82, 2.24) is 0 Å². The van der Waals surface area contributed by atoms with Gasteiger partial charge < -0.3 is 5.11 Å². The van der Waals surface area contributed by atoms with E-state index in [1.165, 1.54) is 0 Å². The Labute approximate surface area is 84.2 Å². The summed E-state index contributed by atoms with van der Waals surface area (Å²) in [5.41, 5.74) is 1.10. The van der Waals surface area contributed by atoms with Crippen LogP contribution in [0, 0.1) is 0 Å². The molecule has 0 spiro atoms. The van der Waals surface area contributed by atoms with Gasteiger partial charge in [0.05, 0.1) is 12.7 Å². The summed E-state index contributed by atoms with van der Waals surface area (Å²) in [5, 5.41) is 9.52. The van der Waals surface area contributed by atoms with Crippen molar-refractivity contribution in [2.45, 2.75) is 19.4 Å². The topological polar surface area (TPSA) is 38.7 Å². The van der Waals surface area contributed by atoms with Crippen LogP contribution in [0.25, 0.3) is 0 Å². The molecule has 14 heavy (non-hydrogen) atoms. The molecule has 0 saturated heterocycles. The van der Waals surface area contributed by atoms with Crippen molar-refractivity contribution < 1.29 is 14.9 Å². The first-order valence-electron chi connectivity index (χ1n) is 4.79. The molecule has 0 aliphatic rings. The molecule has 0 aliphatic carbocycles. The standard InChI is InChI=1S/C11H16O3/c1-2-13-14-9-11(12)8-10-6-4-3-5-7-10/h3-7,11-12H,2,8-9H2,1H3/t11-/m0/s1. The molecule has 0 amide bonds. The molecule has 1 rings (SSSR count). The van der Waals surface area contributed by atoms with E-state index in [1.54, 1.807) is 0 Å². The zero-order valence-corrected chi connectivity index (χ0v) is 8.35. The second-order valence-electron chi connectivity index (χ2n) is 3.03. The minimum absolute atomic E-state index is 0.211. The minimum Gasteiger partial charge on any atom is -0.390 e. The van der Waals surface area contributed by atoms with Crippen LogP contribution in [-0.2, 0) is 16.2 Å². The summed E-state index contributed by atoms with van der Waals surface area (Å²) in [7, 11) is 0. The van der Waals surface area contributed by atoms with Crippen LogP contribution in [0.15, 0.2) is 30.3 Å². The van der Waals surface area contributed by atoms with Crippen molar-refractivity contribution in [1.29, 1.82) is 0 Å². The zero-order valence-electron chi connectivity index (χ0n) is 8.35. The fraction of sp³-hybridized carbons (Fsp3) is 0.455. The van der Waals surface area contributed by atoms with E-state index in [0.717, 1.165) is 5.56 Å². The predicted octanol–water partition coefficient (Wildman–Crippen LogP) is 1.56. The normalized spacial score (nSPS) is 12.7. The van der Waals surface area contributed by atoms with E-state index >= 15 is 0 Å². The summed E-state index contributed by atoms with van der Waals surface area (Å²) >= 11 is 0. The van der Waals surface area contributed by atoms with E-state index < -0.39 is 6.10 Å². The van der Waals surface area contributed by atoms with Crippen molar-refractivity contribution in [2.75, 3.05) is 13.2 Å². The van der Waals surface area contributed by atoms with Crippen molar-refractivity contribution in [3.8, 4) is 0 Å². The third-order valence-corrected chi connectivity index (χ3v) is 1.78. The van der Waals surface area contributed by atoms with Gasteiger partial charge >= 0.3 is 0 Å². The molecular formula is C11H16O3. The molecule has 0 saturated carbocycles. The Morgan fingerprint density at radius 2 is 1.93 bits per heavy atom. The Morgan fingerprint density at radius 3 is 2.57 bits per heavy atom. The first kappa shape index (κ1) is 11.2. The Hall–Kier alpha value is -0.900. The highest BCUT2D eigenvalue weighted by Crippen LogP contribution is 2.03. The van der Waals surface area contributed by atoms with Gasteiger partial charge in [-0.2, -0.15) is 0 Å². The van der Waals surface area contributed by atoms with Crippen LogP contribution >= 0.6 is 0 Å². The highest BCUT2D eigenvalue weighted by atomic mass is 17.2. The van der Waals surface area contributed by atoms with Gasteiger partial charge in [0.15, 0.2) is 0 Å². The van der Waals surface area contributed by atoms with Gasteiger partial charge in [0.25, 0.3) is 0 Å². The molecule has 3 heteroatoms. The maximum absolute atomic E-state index is 9.52. The fourth-order valence-corrected chi connectivity index (χ4v) is 1.16. The van der Waals surface area contributed by atoms with Gasteiger partial charge in [-0.15, -0.1) is 0 Å². The van der Waals surface area contributed by atoms with E-state index in [1.807, 2.05) is 37.3 Å². The predicted molar refractivity (Wildman–Crippen MR) is 53.7 cm³/mol. The van der Waals surface area contributed by atoms with Gasteiger partial charge in [0.1, 0.15) is 6.61 Å². The lowest BCUT2D eigenvalue weighted by atomic mass is 10.1. The lowest BCUT2D eigenvalue weighted by Crippen LogP contribution is -2.18. The van der Waals surface area contributed by atoms with Crippen molar-refractivity contribution in [3.63, 3.8) is 0 Å². The van der Waals surface area contributed by atoms with Gasteiger partial charge in [0.2, 0.25) is 0 Å². The van der Waals surface area contributed by atoms with E-state index in [9.17, 15) is 5.11 Å². The third-order valence-electron chi connectivity index (χ3n) is 1.78. The first-order chi connectivity index (χ1) is 6.83. The molecule has 0 aromatic heterocycles. The molecule has 0 aliphatic heterocycles. The largest absolute Gasteiger partial charge is 0.390 e. The Bertz CT molecular complexity index is 236. The Morgan fingerprint density at radius 1 is 1.21 bits per heavy atom. The van der Waals surface area contributed by atoms with Crippen LogP contribution in [-0.4, -0.2) is 24.4 Å². The van der Waals surface area contributed by atoms with Gasteiger partial charge in [0, 0.05) is 6.42 Å². The molecule has 0 unspecified atom stereocenters. The van der Waals surface area contributed by atoms with Gasteiger partial charge in [-0.3, -0.25) is 0 Å². The number of hydrogen-bond donors (Lipinski definition) is 1. The number of rotatable bonds is 6. The van der Waals surface area contributed by atoms with E-state index in [2.05, 4.69) is 4.89 Å². The maximum atomic E-state index is 9.52. The third kappa shape index (κ3) is 4.37. The van der Waals surface area contributed by atoms with Crippen LogP contribution in [0.2, 0.25) is 0 Å². The number of aliphatic hydroxyl groups is 1. The average Bonchev–Trinajstić information content (AvgIpc) is 2.20. The van der Waals surface area contributed by atoms with Crippen LogP contribution in [0.3, 0.4) is 0 Å². The summed E-state index contributed by atoms with van der Waals surface area (Å²) in [4.78, 5) is 9.45. The average molecular weight is 196 g/mol. The van der Waals surface area contributed by atoms with Crippen LogP contribution < -0.4 is 0 Å². The van der Waals surface area contributed by atoms with Gasteiger partial charge in [-0.25, -0.2) is 9.78 Å². The van der Waals surface area contributed by atoms with Crippen molar-refractivity contribution in [2.24, 2.45) is 0 Å². The number of hydrogen-bond acceptors (Lipinski definition) is 3.